The van der Waals surface area contributed by atoms with E-state index in [2.05, 4.69) is 26.3 Å². The van der Waals surface area contributed by atoms with Crippen molar-refractivity contribution in [2.45, 2.75) is 32.0 Å². The normalized spacial score (nSPS) is 14.8. The molecule has 2 aromatic rings. The minimum Gasteiger partial charge on any atom is -0.325 e. The number of aromatic nitrogens is 3. The molecule has 0 atom stereocenters. The van der Waals surface area contributed by atoms with E-state index in [0.29, 0.717) is 0 Å². The minimum absolute atomic E-state index is 0. The van der Waals surface area contributed by atoms with Gasteiger partial charge < -0.3 is 16.0 Å². The van der Waals surface area contributed by atoms with Crippen molar-refractivity contribution in [2.75, 3.05) is 23.7 Å². The predicted molar refractivity (Wildman–Crippen MR) is 102 cm³/mol. The Kier molecular flexibility index (Phi) is 7.20. The molecule has 1 aliphatic rings. The first-order valence-electron chi connectivity index (χ1n) is 8.67. The molecular formula is C17H20ClF3N6O2. The van der Waals surface area contributed by atoms with Crippen LogP contribution in [-0.2, 0) is 11.0 Å². The molecule has 0 bridgehead atoms. The van der Waals surface area contributed by atoms with Crippen LogP contribution in [0.3, 0.4) is 0 Å². The second kappa shape index (κ2) is 9.23. The zero-order valence-electron chi connectivity index (χ0n) is 15.4. The van der Waals surface area contributed by atoms with Gasteiger partial charge in [-0.25, -0.2) is 4.68 Å². The van der Waals surface area contributed by atoms with E-state index in [9.17, 15) is 22.8 Å². The van der Waals surface area contributed by atoms with Gasteiger partial charge >= 0.3 is 6.18 Å². The zero-order valence-corrected chi connectivity index (χ0v) is 16.2. The van der Waals surface area contributed by atoms with Crippen LogP contribution < -0.4 is 16.0 Å². The summed E-state index contributed by atoms with van der Waals surface area (Å²) in [6, 6.07) is 2.79. The van der Waals surface area contributed by atoms with Gasteiger partial charge in [0.1, 0.15) is 0 Å². The fraction of sp³-hybridized carbons (Fsp3) is 0.412. The van der Waals surface area contributed by atoms with Gasteiger partial charge in [0.2, 0.25) is 5.91 Å². The number of alkyl halides is 3. The highest BCUT2D eigenvalue weighted by molar-refractivity contribution is 6.06. The summed E-state index contributed by atoms with van der Waals surface area (Å²) in [5.41, 5.74) is -1.09. The highest BCUT2D eigenvalue weighted by Crippen LogP contribution is 2.34. The van der Waals surface area contributed by atoms with Crippen molar-refractivity contribution in [1.82, 2.24) is 20.3 Å². The number of piperidine rings is 1. The van der Waals surface area contributed by atoms with Gasteiger partial charge in [-0.3, -0.25) is 9.59 Å². The molecule has 1 fully saturated rings. The van der Waals surface area contributed by atoms with E-state index in [1.54, 1.807) is 4.68 Å². The van der Waals surface area contributed by atoms with Crippen LogP contribution in [-0.4, -0.2) is 39.9 Å². The number of amides is 2. The number of nitrogens with zero attached hydrogens (tertiary/aromatic N) is 3. The summed E-state index contributed by atoms with van der Waals surface area (Å²) < 4.78 is 40.6. The predicted octanol–water partition coefficient (Wildman–Crippen LogP) is 2.85. The lowest BCUT2D eigenvalue weighted by Gasteiger charge is -2.22. The maximum absolute atomic E-state index is 13.0. The molecule has 1 aromatic carbocycles. The Morgan fingerprint density at radius 2 is 1.86 bits per heavy atom. The minimum atomic E-state index is -4.59. The van der Waals surface area contributed by atoms with Crippen LogP contribution in [0.15, 0.2) is 24.4 Å². The molecule has 1 aromatic heterocycles. The maximum atomic E-state index is 13.0. The zero-order chi connectivity index (χ0) is 20.3. The summed E-state index contributed by atoms with van der Waals surface area (Å²) in [5, 5.41) is 15.8. The van der Waals surface area contributed by atoms with Gasteiger partial charge in [0.05, 0.1) is 29.2 Å². The van der Waals surface area contributed by atoms with Crippen molar-refractivity contribution in [1.29, 1.82) is 0 Å². The molecular weight excluding hydrogens is 413 g/mol. The summed E-state index contributed by atoms with van der Waals surface area (Å²) in [6.07, 6.45) is -1.45. The van der Waals surface area contributed by atoms with Gasteiger partial charge in [0.25, 0.3) is 5.91 Å². The molecule has 0 saturated carbocycles. The molecule has 0 aliphatic carbocycles. The van der Waals surface area contributed by atoms with Crippen molar-refractivity contribution >= 4 is 35.6 Å². The van der Waals surface area contributed by atoms with Gasteiger partial charge in [-0.2, -0.15) is 13.2 Å². The van der Waals surface area contributed by atoms with Crippen LogP contribution in [0.2, 0.25) is 0 Å². The second-order valence-corrected chi connectivity index (χ2v) is 6.46. The first-order valence-corrected chi connectivity index (χ1v) is 8.67. The van der Waals surface area contributed by atoms with Crippen molar-refractivity contribution in [2.24, 2.45) is 0 Å². The lowest BCUT2D eigenvalue weighted by molar-refractivity contribution is -0.137. The Morgan fingerprint density at radius 1 is 1.17 bits per heavy atom. The summed E-state index contributed by atoms with van der Waals surface area (Å²) in [7, 11) is 0. The first kappa shape index (κ1) is 22.6. The van der Waals surface area contributed by atoms with Crippen LogP contribution in [0.1, 0.15) is 41.9 Å². The highest BCUT2D eigenvalue weighted by atomic mass is 35.5. The Balaban J connectivity index is 0.00000300. The van der Waals surface area contributed by atoms with Gasteiger partial charge in [-0.05, 0) is 44.1 Å². The van der Waals surface area contributed by atoms with E-state index in [0.717, 1.165) is 44.1 Å². The van der Waals surface area contributed by atoms with Crippen molar-refractivity contribution in [3.05, 3.63) is 35.7 Å². The third-order valence-corrected chi connectivity index (χ3v) is 4.33. The molecule has 2 heterocycles. The molecule has 3 rings (SSSR count). The number of halogens is 4. The molecule has 2 amide bonds. The van der Waals surface area contributed by atoms with E-state index in [4.69, 9.17) is 0 Å². The van der Waals surface area contributed by atoms with Crippen LogP contribution in [0, 0.1) is 0 Å². The first-order chi connectivity index (χ1) is 13.2. The summed E-state index contributed by atoms with van der Waals surface area (Å²) >= 11 is 0. The summed E-state index contributed by atoms with van der Waals surface area (Å²) in [6.45, 7) is 2.88. The lowest BCUT2D eigenvalue weighted by Crippen LogP contribution is -2.29. The number of nitrogens with one attached hydrogen (secondary N) is 3. The third-order valence-electron chi connectivity index (χ3n) is 4.33. The standard InChI is InChI=1S/C17H19F3N6O2.ClH/c1-10(27)22-13-3-2-11(17(18,19)20)8-14(13)23-16(28)15-9-26(25-24-15)12-4-6-21-7-5-12;/h2-3,8-9,12,21H,4-7H2,1H3,(H,22,27)(H,23,28);1H. The molecule has 1 saturated heterocycles. The molecule has 12 heteroatoms. The second-order valence-electron chi connectivity index (χ2n) is 6.46. The average Bonchev–Trinajstić information content (AvgIpc) is 3.13. The summed E-state index contributed by atoms with van der Waals surface area (Å²) in [4.78, 5) is 23.8. The monoisotopic (exact) mass is 432 g/mol. The smallest absolute Gasteiger partial charge is 0.325 e. The van der Waals surface area contributed by atoms with E-state index in [1.165, 1.54) is 13.1 Å². The van der Waals surface area contributed by atoms with Crippen molar-refractivity contribution in [3.63, 3.8) is 0 Å². The van der Waals surface area contributed by atoms with Gasteiger partial charge in [0.15, 0.2) is 5.69 Å². The van der Waals surface area contributed by atoms with E-state index >= 15 is 0 Å². The Labute approximate surface area is 170 Å². The number of anilines is 2. The number of carbonyl (C=O) groups excluding carboxylic acids is 2. The van der Waals surface area contributed by atoms with Gasteiger partial charge in [-0.15, -0.1) is 17.5 Å². The number of benzene rings is 1. The summed E-state index contributed by atoms with van der Waals surface area (Å²) in [5.74, 6) is -1.20. The third kappa shape index (κ3) is 5.67. The van der Waals surface area contributed by atoms with Crippen molar-refractivity contribution < 1.29 is 22.8 Å². The molecule has 29 heavy (non-hydrogen) atoms. The van der Waals surface area contributed by atoms with E-state index < -0.39 is 23.6 Å². The molecule has 8 nitrogen and oxygen atoms in total. The topological polar surface area (TPSA) is 101 Å². The fourth-order valence-electron chi connectivity index (χ4n) is 2.94. The van der Waals surface area contributed by atoms with Crippen LogP contribution in [0.4, 0.5) is 24.5 Å². The molecule has 158 valence electrons. The van der Waals surface area contributed by atoms with Gasteiger partial charge in [-0.1, -0.05) is 5.21 Å². The van der Waals surface area contributed by atoms with E-state index in [-0.39, 0.29) is 35.5 Å². The number of rotatable bonds is 4. The van der Waals surface area contributed by atoms with Crippen molar-refractivity contribution in [3.8, 4) is 0 Å². The molecule has 0 radical (unpaired) electrons. The quantitative estimate of drug-likeness (QED) is 0.689. The Bertz CT molecular complexity index is 880. The number of carbonyl (C=O) groups is 2. The molecule has 0 spiro atoms. The van der Waals surface area contributed by atoms with Gasteiger partial charge in [0, 0.05) is 6.92 Å². The van der Waals surface area contributed by atoms with Crippen LogP contribution in [0.25, 0.3) is 0 Å². The highest BCUT2D eigenvalue weighted by Gasteiger charge is 2.31. The Hall–Kier alpha value is -2.66. The number of hydrogen-bond acceptors (Lipinski definition) is 5. The lowest BCUT2D eigenvalue weighted by atomic mass is 10.1. The molecule has 0 unspecified atom stereocenters. The fourth-order valence-corrected chi connectivity index (χ4v) is 2.94. The van der Waals surface area contributed by atoms with E-state index in [1.807, 2.05) is 0 Å². The number of hydrogen-bond donors (Lipinski definition) is 3. The van der Waals surface area contributed by atoms with Crippen LogP contribution in [0.5, 0.6) is 0 Å². The largest absolute Gasteiger partial charge is 0.416 e. The Morgan fingerprint density at radius 3 is 2.48 bits per heavy atom. The maximum Gasteiger partial charge on any atom is 0.416 e. The average molecular weight is 433 g/mol. The van der Waals surface area contributed by atoms with Crippen LogP contribution >= 0.6 is 12.4 Å². The molecule has 1 aliphatic heterocycles. The SMILES string of the molecule is CC(=O)Nc1ccc(C(F)(F)F)cc1NC(=O)c1cn(C2CCNCC2)nn1.Cl. The molecule has 3 N–H and O–H groups in total.